The second-order valence-corrected chi connectivity index (χ2v) is 9.08. The second kappa shape index (κ2) is 8.83. The predicted octanol–water partition coefficient (Wildman–Crippen LogP) is 4.12. The van der Waals surface area contributed by atoms with Crippen LogP contribution >= 0.6 is 15.9 Å². The van der Waals surface area contributed by atoms with Gasteiger partial charge in [0.1, 0.15) is 11.9 Å². The number of likely N-dealkylation sites (tertiary alicyclic amines) is 1. The van der Waals surface area contributed by atoms with Crippen molar-refractivity contribution < 1.29 is 19.1 Å². The van der Waals surface area contributed by atoms with Crippen LogP contribution in [0.5, 0.6) is 5.75 Å². The molecule has 1 saturated heterocycles. The van der Waals surface area contributed by atoms with Crippen LogP contribution in [0, 0.1) is 13.8 Å². The van der Waals surface area contributed by atoms with Crippen LogP contribution in [-0.4, -0.2) is 53.3 Å². The zero-order valence-corrected chi connectivity index (χ0v) is 19.3. The highest BCUT2D eigenvalue weighted by Crippen LogP contribution is 2.27. The molecule has 2 aromatic rings. The molecule has 0 bridgehead atoms. The number of carbonyl (C=O) groups is 3. The van der Waals surface area contributed by atoms with Gasteiger partial charge in [-0.15, -0.1) is 0 Å². The number of rotatable bonds is 5. The van der Waals surface area contributed by atoms with Crippen molar-refractivity contribution in [2.24, 2.45) is 0 Å². The summed E-state index contributed by atoms with van der Waals surface area (Å²) in [6.07, 6.45) is 1.74. The van der Waals surface area contributed by atoms with Gasteiger partial charge in [-0.2, -0.15) is 0 Å². The Hall–Kier alpha value is -2.67. The molecule has 31 heavy (non-hydrogen) atoms. The summed E-state index contributed by atoms with van der Waals surface area (Å²) in [5.41, 5.74) is 3.05. The number of halogens is 1. The minimum atomic E-state index is -0.338. The smallest absolute Gasteiger partial charge is 0.261 e. The maximum Gasteiger partial charge on any atom is 0.261 e. The van der Waals surface area contributed by atoms with E-state index in [1.54, 1.807) is 23.1 Å². The van der Waals surface area contributed by atoms with Crippen molar-refractivity contribution in [3.05, 3.63) is 63.1 Å². The van der Waals surface area contributed by atoms with Crippen molar-refractivity contribution >= 4 is 33.7 Å². The van der Waals surface area contributed by atoms with Gasteiger partial charge in [0.15, 0.2) is 0 Å². The lowest BCUT2D eigenvalue weighted by atomic mass is 10.1. The average Bonchev–Trinajstić information content (AvgIpc) is 2.99. The number of imide groups is 1. The summed E-state index contributed by atoms with van der Waals surface area (Å²) in [4.78, 5) is 40.7. The largest absolute Gasteiger partial charge is 0.490 e. The van der Waals surface area contributed by atoms with Crippen LogP contribution in [0.15, 0.2) is 40.9 Å². The summed E-state index contributed by atoms with van der Waals surface area (Å²) in [6.45, 7) is 5.40. The minimum Gasteiger partial charge on any atom is -0.490 e. The molecule has 0 saturated carbocycles. The number of piperidine rings is 1. The Labute approximate surface area is 190 Å². The summed E-state index contributed by atoms with van der Waals surface area (Å²) < 4.78 is 6.92. The van der Waals surface area contributed by atoms with Crippen LogP contribution in [0.25, 0.3) is 0 Å². The molecule has 2 aromatic carbocycles. The molecule has 2 aliphatic rings. The molecule has 0 atom stereocenters. The Morgan fingerprint density at radius 2 is 1.74 bits per heavy atom. The number of carbonyl (C=O) groups excluding carboxylic acids is 3. The summed E-state index contributed by atoms with van der Waals surface area (Å²) in [5.74, 6) is 0.195. The molecule has 0 unspecified atom stereocenters. The fourth-order valence-electron chi connectivity index (χ4n) is 4.07. The molecule has 0 aromatic heterocycles. The van der Waals surface area contributed by atoms with Gasteiger partial charge in [-0.1, -0.05) is 28.1 Å². The molecule has 6 nitrogen and oxygen atoms in total. The molecule has 162 valence electrons. The highest BCUT2D eigenvalue weighted by atomic mass is 79.9. The Morgan fingerprint density at radius 3 is 2.48 bits per heavy atom. The number of hydrogen-bond acceptors (Lipinski definition) is 4. The summed E-state index contributed by atoms with van der Waals surface area (Å²) in [5, 5.41) is 0. The number of hydrogen-bond donors (Lipinski definition) is 0. The van der Waals surface area contributed by atoms with E-state index in [9.17, 15) is 14.4 Å². The van der Waals surface area contributed by atoms with Gasteiger partial charge in [-0.25, -0.2) is 0 Å². The van der Waals surface area contributed by atoms with Crippen LogP contribution < -0.4 is 4.74 Å². The third-order valence-electron chi connectivity index (χ3n) is 5.91. The third-order valence-corrected chi connectivity index (χ3v) is 6.41. The van der Waals surface area contributed by atoms with Gasteiger partial charge in [-0.3, -0.25) is 19.3 Å². The molecular weight excluding hydrogens is 460 g/mol. The molecule has 4 rings (SSSR count). The quantitative estimate of drug-likeness (QED) is 0.598. The Morgan fingerprint density at radius 1 is 1.03 bits per heavy atom. The van der Waals surface area contributed by atoms with Gasteiger partial charge in [-0.05, 0) is 49.2 Å². The van der Waals surface area contributed by atoms with Crippen LogP contribution in [-0.2, 0) is 4.79 Å². The Balaban J connectivity index is 1.28. The maximum atomic E-state index is 12.7. The second-order valence-electron chi connectivity index (χ2n) is 8.17. The molecule has 0 aliphatic carbocycles. The van der Waals surface area contributed by atoms with Crippen molar-refractivity contribution in [1.29, 1.82) is 0 Å². The fraction of sp³-hybridized carbons (Fsp3) is 0.375. The first-order chi connectivity index (χ1) is 14.8. The molecule has 0 spiro atoms. The molecule has 1 fully saturated rings. The topological polar surface area (TPSA) is 66.9 Å². The zero-order chi connectivity index (χ0) is 22.1. The van der Waals surface area contributed by atoms with E-state index in [-0.39, 0.29) is 36.8 Å². The highest BCUT2D eigenvalue weighted by molar-refractivity contribution is 9.10. The average molecular weight is 485 g/mol. The van der Waals surface area contributed by atoms with Gasteiger partial charge in [0.05, 0.1) is 11.1 Å². The Bertz CT molecular complexity index is 1040. The molecule has 2 aliphatic heterocycles. The summed E-state index contributed by atoms with van der Waals surface area (Å²) in [6, 6.07) is 11.2. The summed E-state index contributed by atoms with van der Waals surface area (Å²) >= 11 is 3.33. The van der Waals surface area contributed by atoms with Gasteiger partial charge < -0.3 is 9.64 Å². The van der Waals surface area contributed by atoms with Crippen LogP contribution in [0.1, 0.15) is 51.1 Å². The van der Waals surface area contributed by atoms with Crippen molar-refractivity contribution in [2.75, 3.05) is 19.6 Å². The minimum absolute atomic E-state index is 0.0390. The lowest BCUT2D eigenvalue weighted by molar-refractivity contribution is -0.133. The lowest BCUT2D eigenvalue weighted by Gasteiger charge is -2.33. The number of ether oxygens (including phenoxy) is 1. The van der Waals surface area contributed by atoms with E-state index < -0.39 is 0 Å². The molecule has 3 amide bonds. The van der Waals surface area contributed by atoms with Gasteiger partial charge in [0.25, 0.3) is 11.8 Å². The first-order valence-electron chi connectivity index (χ1n) is 10.5. The van der Waals surface area contributed by atoms with E-state index in [1.165, 1.54) is 4.90 Å². The van der Waals surface area contributed by atoms with Crippen LogP contribution in [0.2, 0.25) is 0 Å². The van der Waals surface area contributed by atoms with Gasteiger partial charge in [0.2, 0.25) is 5.91 Å². The number of amides is 3. The third kappa shape index (κ3) is 4.51. The van der Waals surface area contributed by atoms with Crippen LogP contribution in [0.3, 0.4) is 0 Å². The lowest BCUT2D eigenvalue weighted by Crippen LogP contribution is -2.43. The monoisotopic (exact) mass is 484 g/mol. The predicted molar refractivity (Wildman–Crippen MR) is 120 cm³/mol. The van der Waals surface area contributed by atoms with E-state index in [2.05, 4.69) is 28.1 Å². The van der Waals surface area contributed by atoms with Crippen molar-refractivity contribution in [3.8, 4) is 5.75 Å². The zero-order valence-electron chi connectivity index (χ0n) is 17.7. The summed E-state index contributed by atoms with van der Waals surface area (Å²) in [7, 11) is 0. The number of fused-ring (bicyclic) bond motifs is 1. The van der Waals surface area contributed by atoms with E-state index in [0.29, 0.717) is 24.2 Å². The SMILES string of the molecule is Cc1ccc(C)c(OC2CCN(C(=O)CCN3C(=O)c4ccc(Br)cc4C3=O)CC2)c1. The first-order valence-corrected chi connectivity index (χ1v) is 11.3. The Kier molecular flexibility index (Phi) is 6.14. The van der Waals surface area contributed by atoms with E-state index >= 15 is 0 Å². The number of nitrogens with zero attached hydrogens (tertiary/aromatic N) is 2. The molecule has 0 N–H and O–H groups in total. The maximum absolute atomic E-state index is 12.7. The van der Waals surface area contributed by atoms with Crippen molar-refractivity contribution in [3.63, 3.8) is 0 Å². The molecule has 2 heterocycles. The van der Waals surface area contributed by atoms with E-state index in [4.69, 9.17) is 4.74 Å². The standard InChI is InChI=1S/C24H25BrN2O4/c1-15-3-4-16(2)21(13-15)31-18-7-10-26(11-8-18)22(28)9-12-27-23(29)19-6-5-17(25)14-20(19)24(27)30/h3-6,13-14,18H,7-12H2,1-2H3. The van der Waals surface area contributed by atoms with Crippen molar-refractivity contribution in [2.45, 2.75) is 39.2 Å². The highest BCUT2D eigenvalue weighted by Gasteiger charge is 2.36. The van der Waals surface area contributed by atoms with E-state index in [0.717, 1.165) is 34.2 Å². The van der Waals surface area contributed by atoms with E-state index in [1.807, 2.05) is 19.9 Å². The van der Waals surface area contributed by atoms with Gasteiger partial charge >= 0.3 is 0 Å². The van der Waals surface area contributed by atoms with Crippen molar-refractivity contribution in [1.82, 2.24) is 9.80 Å². The van der Waals surface area contributed by atoms with Gasteiger partial charge in [0, 0.05) is 43.4 Å². The number of aryl methyl sites for hydroxylation is 2. The number of benzene rings is 2. The molecular formula is C24H25BrN2O4. The molecule has 0 radical (unpaired) electrons. The fourth-order valence-corrected chi connectivity index (χ4v) is 4.43. The first kappa shape index (κ1) is 21.6. The molecule has 7 heteroatoms. The van der Waals surface area contributed by atoms with Crippen LogP contribution in [0.4, 0.5) is 0 Å². The normalized spacial score (nSPS) is 16.6.